The maximum absolute atomic E-state index is 12.7. The van der Waals surface area contributed by atoms with Crippen LogP contribution < -0.4 is 15.0 Å². The molecule has 0 aliphatic carbocycles. The van der Waals surface area contributed by atoms with Crippen molar-refractivity contribution >= 4 is 34.0 Å². The van der Waals surface area contributed by atoms with Crippen LogP contribution in [0.1, 0.15) is 29.1 Å². The Morgan fingerprint density at radius 1 is 1.15 bits per heavy atom. The summed E-state index contributed by atoms with van der Waals surface area (Å²) in [6.45, 7) is 6.12. The number of methoxy groups -OCH3 is 1. The number of carbonyl (C=O) groups is 1. The van der Waals surface area contributed by atoms with E-state index in [1.807, 2.05) is 53.4 Å². The lowest BCUT2D eigenvalue weighted by molar-refractivity contribution is -0.125. The van der Waals surface area contributed by atoms with Crippen LogP contribution in [0.2, 0.25) is 0 Å². The van der Waals surface area contributed by atoms with Gasteiger partial charge in [-0.05, 0) is 62.4 Å². The van der Waals surface area contributed by atoms with E-state index in [0.717, 1.165) is 65.5 Å². The highest BCUT2D eigenvalue weighted by Crippen LogP contribution is 2.32. The molecule has 0 spiro atoms. The van der Waals surface area contributed by atoms with E-state index in [4.69, 9.17) is 9.84 Å². The number of hydrogen-bond donors (Lipinski definition) is 1. The highest BCUT2D eigenvalue weighted by atomic mass is 32.1. The number of aromatic nitrogens is 4. The maximum Gasteiger partial charge on any atom is 0.223 e. The van der Waals surface area contributed by atoms with Crippen molar-refractivity contribution in [3.8, 4) is 11.4 Å². The molecule has 0 bridgehead atoms. The highest BCUT2D eigenvalue weighted by Gasteiger charge is 2.28. The minimum atomic E-state index is 0.0173. The zero-order valence-corrected chi connectivity index (χ0v) is 20.4. The molecule has 1 aromatic carbocycles. The molecule has 0 saturated carbocycles. The van der Waals surface area contributed by atoms with Gasteiger partial charge in [-0.3, -0.25) is 4.79 Å². The second-order valence-electron chi connectivity index (χ2n) is 8.59. The average Bonchev–Trinajstić information content (AvgIpc) is 3.51. The molecule has 1 saturated heterocycles. The number of aryl methyl sites for hydroxylation is 2. The first-order chi connectivity index (χ1) is 16.5. The van der Waals surface area contributed by atoms with Gasteiger partial charge in [0.2, 0.25) is 5.91 Å². The number of anilines is 1. The first-order valence-corrected chi connectivity index (χ1v) is 12.3. The quantitative estimate of drug-likeness (QED) is 0.452. The number of rotatable bonds is 6. The fourth-order valence-corrected chi connectivity index (χ4v) is 5.23. The van der Waals surface area contributed by atoms with Gasteiger partial charge in [0, 0.05) is 23.9 Å². The predicted octanol–water partition coefficient (Wildman–Crippen LogP) is 4.04. The third kappa shape index (κ3) is 4.23. The molecule has 176 valence electrons. The maximum atomic E-state index is 12.7. The van der Waals surface area contributed by atoms with E-state index in [-0.39, 0.29) is 11.8 Å². The van der Waals surface area contributed by atoms with Gasteiger partial charge in [0.1, 0.15) is 11.3 Å². The predicted molar refractivity (Wildman–Crippen MR) is 134 cm³/mol. The number of piperidine rings is 1. The lowest BCUT2D eigenvalue weighted by atomic mass is 9.96. The molecule has 1 fully saturated rings. The lowest BCUT2D eigenvalue weighted by Gasteiger charge is -2.31. The summed E-state index contributed by atoms with van der Waals surface area (Å²) < 4.78 is 7.23. The van der Waals surface area contributed by atoms with Gasteiger partial charge < -0.3 is 15.0 Å². The van der Waals surface area contributed by atoms with Gasteiger partial charge in [-0.15, -0.1) is 16.4 Å². The summed E-state index contributed by atoms with van der Waals surface area (Å²) >= 11 is 1.66. The topological polar surface area (TPSA) is 85.2 Å². The summed E-state index contributed by atoms with van der Waals surface area (Å²) in [5.41, 5.74) is 3.69. The smallest absolute Gasteiger partial charge is 0.223 e. The molecule has 8 nitrogen and oxygen atoms in total. The van der Waals surface area contributed by atoms with Crippen LogP contribution in [0.25, 0.3) is 16.6 Å². The summed E-state index contributed by atoms with van der Waals surface area (Å²) in [6.07, 6.45) is 1.57. The molecule has 1 amide bonds. The van der Waals surface area contributed by atoms with Crippen LogP contribution in [-0.4, -0.2) is 46.1 Å². The Labute approximate surface area is 202 Å². The molecule has 34 heavy (non-hydrogen) atoms. The molecule has 0 unspecified atom stereocenters. The zero-order chi connectivity index (χ0) is 23.7. The average molecular weight is 477 g/mol. The Morgan fingerprint density at radius 2 is 1.91 bits per heavy atom. The number of nitrogens with one attached hydrogen (secondary N) is 1. The van der Waals surface area contributed by atoms with Crippen LogP contribution >= 0.6 is 11.3 Å². The zero-order valence-electron chi connectivity index (χ0n) is 19.6. The van der Waals surface area contributed by atoms with E-state index in [2.05, 4.69) is 27.3 Å². The second-order valence-corrected chi connectivity index (χ2v) is 9.62. The molecule has 0 radical (unpaired) electrons. The second kappa shape index (κ2) is 9.42. The Balaban J connectivity index is 1.35. The summed E-state index contributed by atoms with van der Waals surface area (Å²) in [6, 6.07) is 11.9. The van der Waals surface area contributed by atoms with Crippen molar-refractivity contribution in [1.82, 2.24) is 25.3 Å². The van der Waals surface area contributed by atoms with Crippen molar-refractivity contribution in [2.75, 3.05) is 25.1 Å². The number of benzene rings is 1. The van der Waals surface area contributed by atoms with E-state index in [1.54, 1.807) is 18.4 Å². The molecule has 1 aliphatic heterocycles. The molecule has 4 heterocycles. The van der Waals surface area contributed by atoms with E-state index in [1.165, 1.54) is 4.88 Å². The molecule has 3 aromatic heterocycles. The number of hydrogen-bond acceptors (Lipinski definition) is 7. The fourth-order valence-electron chi connectivity index (χ4n) is 4.58. The van der Waals surface area contributed by atoms with Crippen molar-refractivity contribution in [2.24, 2.45) is 5.92 Å². The van der Waals surface area contributed by atoms with Gasteiger partial charge in [0.15, 0.2) is 5.82 Å². The number of fused-ring (bicyclic) bond motifs is 1. The van der Waals surface area contributed by atoms with Gasteiger partial charge in [0.05, 0.1) is 36.1 Å². The number of nitrogens with zero attached hydrogens (tertiary/aromatic N) is 5. The molecule has 9 heteroatoms. The van der Waals surface area contributed by atoms with Crippen LogP contribution in [0.5, 0.6) is 5.75 Å². The Morgan fingerprint density at radius 3 is 2.59 bits per heavy atom. The van der Waals surface area contributed by atoms with Gasteiger partial charge >= 0.3 is 0 Å². The van der Waals surface area contributed by atoms with Gasteiger partial charge in [0.25, 0.3) is 0 Å². The SMILES string of the molecule is COc1ccc(-n2nc3c(N4CCC(C(=O)NCc5cccs5)CC4)nnc(C)c3c2C)cc1. The van der Waals surface area contributed by atoms with Crippen LogP contribution in [0.3, 0.4) is 0 Å². The normalized spacial score (nSPS) is 14.5. The fraction of sp³-hybridized carbons (Fsp3) is 0.360. The third-order valence-corrected chi connectivity index (χ3v) is 7.36. The Kier molecular flexibility index (Phi) is 6.19. The Hall–Kier alpha value is -3.46. The van der Waals surface area contributed by atoms with E-state index in [9.17, 15) is 4.79 Å². The van der Waals surface area contributed by atoms with Crippen molar-refractivity contribution < 1.29 is 9.53 Å². The first kappa shape index (κ1) is 22.3. The number of carbonyl (C=O) groups excluding carboxylic acids is 1. The Bertz CT molecular complexity index is 1290. The first-order valence-electron chi connectivity index (χ1n) is 11.5. The largest absolute Gasteiger partial charge is 0.497 e. The van der Waals surface area contributed by atoms with Crippen LogP contribution in [0, 0.1) is 19.8 Å². The third-order valence-electron chi connectivity index (χ3n) is 6.48. The standard InChI is InChI=1S/C25H28N6O2S/c1-16-22-17(2)31(19-6-8-20(33-3)9-7-19)29-23(22)24(28-27-16)30-12-10-18(11-13-30)25(32)26-15-21-5-4-14-34-21/h4-9,14,18H,10-13,15H2,1-3H3,(H,26,32). The van der Waals surface area contributed by atoms with Gasteiger partial charge in [-0.1, -0.05) is 6.07 Å². The molecule has 5 rings (SSSR count). The van der Waals surface area contributed by atoms with Crippen LogP contribution in [0.15, 0.2) is 41.8 Å². The highest BCUT2D eigenvalue weighted by molar-refractivity contribution is 7.09. The number of thiophene rings is 1. The summed E-state index contributed by atoms with van der Waals surface area (Å²) in [5.74, 6) is 1.74. The lowest BCUT2D eigenvalue weighted by Crippen LogP contribution is -2.40. The van der Waals surface area contributed by atoms with Crippen molar-refractivity contribution in [3.63, 3.8) is 0 Å². The van der Waals surface area contributed by atoms with E-state index >= 15 is 0 Å². The van der Waals surface area contributed by atoms with Crippen LogP contribution in [0.4, 0.5) is 5.82 Å². The van der Waals surface area contributed by atoms with E-state index < -0.39 is 0 Å². The summed E-state index contributed by atoms with van der Waals surface area (Å²) in [7, 11) is 1.66. The number of amides is 1. The number of ether oxygens (including phenoxy) is 1. The van der Waals surface area contributed by atoms with E-state index in [0.29, 0.717) is 6.54 Å². The molecule has 1 aliphatic rings. The minimum absolute atomic E-state index is 0.0173. The van der Waals surface area contributed by atoms with Gasteiger partial charge in [-0.2, -0.15) is 10.2 Å². The summed E-state index contributed by atoms with van der Waals surface area (Å²) in [5, 5.41) is 20.1. The molecular formula is C25H28N6O2S. The molecule has 4 aromatic rings. The summed E-state index contributed by atoms with van der Waals surface area (Å²) in [4.78, 5) is 16.0. The van der Waals surface area contributed by atoms with Crippen molar-refractivity contribution in [1.29, 1.82) is 0 Å². The minimum Gasteiger partial charge on any atom is -0.497 e. The molecular weight excluding hydrogens is 448 g/mol. The van der Waals surface area contributed by atoms with Crippen LogP contribution in [-0.2, 0) is 11.3 Å². The molecule has 0 atom stereocenters. The monoisotopic (exact) mass is 476 g/mol. The van der Waals surface area contributed by atoms with Crippen molar-refractivity contribution in [3.05, 3.63) is 58.0 Å². The molecule has 1 N–H and O–H groups in total. The van der Waals surface area contributed by atoms with Gasteiger partial charge in [-0.25, -0.2) is 4.68 Å². The van der Waals surface area contributed by atoms with Crippen molar-refractivity contribution in [2.45, 2.75) is 33.2 Å².